The number of H-pyrrole nitrogens is 1. The predicted octanol–water partition coefficient (Wildman–Crippen LogP) is 0.744. The molecule has 1 aliphatic heterocycles. The van der Waals surface area contributed by atoms with Gasteiger partial charge in [0, 0.05) is 30.9 Å². The van der Waals surface area contributed by atoms with Gasteiger partial charge in [-0.25, -0.2) is 13.5 Å². The van der Waals surface area contributed by atoms with Gasteiger partial charge in [-0.15, -0.1) is 10.2 Å². The summed E-state index contributed by atoms with van der Waals surface area (Å²) in [5.74, 6) is 0.145. The summed E-state index contributed by atoms with van der Waals surface area (Å²) in [6.07, 6.45) is 3.13. The number of nitrogens with one attached hydrogen (secondary N) is 1. The predicted molar refractivity (Wildman–Crippen MR) is 112 cm³/mol. The zero-order chi connectivity index (χ0) is 21.8. The maximum absolute atomic E-state index is 13.3. The van der Waals surface area contributed by atoms with Crippen LogP contribution in [0.5, 0.6) is 0 Å². The summed E-state index contributed by atoms with van der Waals surface area (Å²) in [6, 6.07) is 6.54. The molecule has 1 unspecified atom stereocenters. The Kier molecular flexibility index (Phi) is 4.79. The fourth-order valence-electron chi connectivity index (χ4n) is 3.74. The van der Waals surface area contributed by atoms with E-state index >= 15 is 0 Å². The highest BCUT2D eigenvalue weighted by Gasteiger charge is 2.41. The molecule has 11 nitrogen and oxygen atoms in total. The largest absolute Gasteiger partial charge is 0.593 e. The highest BCUT2D eigenvalue weighted by molar-refractivity contribution is 7.94. The topological polar surface area (TPSA) is 167 Å². The van der Waals surface area contributed by atoms with Gasteiger partial charge in [0.05, 0.1) is 28.4 Å². The quantitative estimate of drug-likeness (QED) is 0.406. The van der Waals surface area contributed by atoms with E-state index in [0.717, 1.165) is 0 Å². The molecule has 31 heavy (non-hydrogen) atoms. The second kappa shape index (κ2) is 7.39. The van der Waals surface area contributed by atoms with Gasteiger partial charge in [-0.05, 0) is 35.2 Å². The van der Waals surface area contributed by atoms with Crippen molar-refractivity contribution in [2.24, 2.45) is 5.14 Å². The molecule has 0 radical (unpaired) electrons. The number of likely N-dealkylation sites (tertiary alicyclic amines) is 1. The zero-order valence-corrected chi connectivity index (χ0v) is 17.9. The fourth-order valence-corrected chi connectivity index (χ4v) is 6.89. The molecule has 0 aliphatic carbocycles. The highest BCUT2D eigenvalue weighted by Crippen LogP contribution is 2.40. The van der Waals surface area contributed by atoms with Gasteiger partial charge in [-0.2, -0.15) is 0 Å². The van der Waals surface area contributed by atoms with Crippen LogP contribution in [0.4, 0.5) is 0 Å². The normalized spacial score (nSPS) is 16.5. The number of benzene rings is 1. The average Bonchev–Trinajstić information content (AvgIpc) is 3.41. The molecule has 1 aliphatic rings. The molecular formula is C18H17N7O4S2. The third kappa shape index (κ3) is 3.30. The lowest BCUT2D eigenvalue weighted by atomic mass is 10.0. The van der Waals surface area contributed by atoms with Gasteiger partial charge >= 0.3 is 0 Å². The summed E-state index contributed by atoms with van der Waals surface area (Å²) >= 11 is -2.14. The summed E-state index contributed by atoms with van der Waals surface area (Å²) < 4.78 is 44.7. The van der Waals surface area contributed by atoms with E-state index in [0.29, 0.717) is 35.3 Å². The molecule has 4 aromatic rings. The lowest BCUT2D eigenvalue weighted by molar-refractivity contribution is 0.231. The first-order valence-corrected chi connectivity index (χ1v) is 12.0. The molecule has 4 heterocycles. The highest BCUT2D eigenvalue weighted by atomic mass is 32.2. The van der Waals surface area contributed by atoms with Crippen LogP contribution < -0.4 is 5.14 Å². The van der Waals surface area contributed by atoms with E-state index in [-0.39, 0.29) is 21.2 Å². The van der Waals surface area contributed by atoms with Crippen LogP contribution in [0.3, 0.4) is 0 Å². The van der Waals surface area contributed by atoms with E-state index in [9.17, 15) is 13.0 Å². The van der Waals surface area contributed by atoms with E-state index < -0.39 is 26.4 Å². The van der Waals surface area contributed by atoms with E-state index in [2.05, 4.69) is 25.6 Å². The first-order valence-electron chi connectivity index (χ1n) is 9.19. The molecule has 160 valence electrons. The number of rotatable bonds is 5. The summed E-state index contributed by atoms with van der Waals surface area (Å²) in [4.78, 5) is 6.11. The summed E-state index contributed by atoms with van der Waals surface area (Å²) in [5, 5.41) is 18.9. The Hall–Kier alpha value is -2.84. The number of pyridine rings is 1. The van der Waals surface area contributed by atoms with Crippen LogP contribution in [0.2, 0.25) is 0 Å². The van der Waals surface area contributed by atoms with Crippen molar-refractivity contribution in [2.75, 3.05) is 20.1 Å². The summed E-state index contributed by atoms with van der Waals surface area (Å²) in [7, 11) is -1.95. The Morgan fingerprint density at radius 1 is 1.32 bits per heavy atom. The van der Waals surface area contributed by atoms with Crippen molar-refractivity contribution in [1.82, 2.24) is 30.5 Å². The number of nitrogens with two attached hydrogens (primary N) is 1. The molecule has 3 aromatic heterocycles. The van der Waals surface area contributed by atoms with E-state index in [1.54, 1.807) is 24.4 Å². The number of hydrogen-bond acceptors (Lipinski definition) is 10. The van der Waals surface area contributed by atoms with Crippen molar-refractivity contribution in [3.05, 3.63) is 36.7 Å². The Morgan fingerprint density at radius 3 is 2.81 bits per heavy atom. The standard InChI is InChI=1S/C18H17N7O4S2/c1-25-8-11(9-25)31(27,28)15-3-2-12(10-6-14-13(20-7-10)4-5-29-14)16(17(15)30(19)26)18-21-23-24-22-18/h2-7,11H,8-9,19H2,1H3,(H,21,22,23,24). The van der Waals surface area contributed by atoms with Crippen LogP contribution in [-0.2, 0) is 21.2 Å². The second-order valence-electron chi connectivity index (χ2n) is 7.28. The maximum Gasteiger partial charge on any atom is 0.203 e. The van der Waals surface area contributed by atoms with Gasteiger partial charge in [0.1, 0.15) is 10.4 Å². The van der Waals surface area contributed by atoms with Crippen LogP contribution in [0.1, 0.15) is 0 Å². The summed E-state index contributed by atoms with van der Waals surface area (Å²) in [6.45, 7) is 0.776. The number of sulfone groups is 1. The molecule has 5 rings (SSSR count). The Labute approximate surface area is 179 Å². The SMILES string of the molecule is CN1CC(S(=O)(=O)c2ccc(-c3cnc4ccoc4c3)c(-c3nnn[nH]3)c2[S+](N)[O-])C1. The number of hydrogen-bond donors (Lipinski definition) is 2. The molecular weight excluding hydrogens is 442 g/mol. The molecule has 0 saturated carbocycles. The van der Waals surface area contributed by atoms with Crippen molar-refractivity contribution in [1.29, 1.82) is 0 Å². The Morgan fingerprint density at radius 2 is 2.13 bits per heavy atom. The molecule has 0 bridgehead atoms. The molecule has 3 N–H and O–H groups in total. The van der Waals surface area contributed by atoms with Crippen LogP contribution in [0, 0.1) is 0 Å². The average molecular weight is 460 g/mol. The lowest BCUT2D eigenvalue weighted by Gasteiger charge is -2.35. The van der Waals surface area contributed by atoms with Crippen LogP contribution in [-0.4, -0.2) is 68.9 Å². The Balaban J connectivity index is 1.77. The number of fused-ring (bicyclic) bond motifs is 1. The van der Waals surface area contributed by atoms with Crippen LogP contribution in [0.25, 0.3) is 33.6 Å². The molecule has 0 spiro atoms. The van der Waals surface area contributed by atoms with Crippen molar-refractivity contribution in [3.63, 3.8) is 0 Å². The molecule has 1 aromatic carbocycles. The first kappa shape index (κ1) is 20.1. The van der Waals surface area contributed by atoms with Crippen molar-refractivity contribution in [2.45, 2.75) is 15.0 Å². The van der Waals surface area contributed by atoms with Gasteiger partial charge in [-0.3, -0.25) is 4.98 Å². The van der Waals surface area contributed by atoms with E-state index in [4.69, 9.17) is 9.56 Å². The molecule has 13 heteroatoms. The zero-order valence-electron chi connectivity index (χ0n) is 16.2. The first-order chi connectivity index (χ1) is 14.9. The summed E-state index contributed by atoms with van der Waals surface area (Å²) in [5.41, 5.74) is 2.58. The number of tetrazole rings is 1. The van der Waals surface area contributed by atoms with Gasteiger partial charge in [0.2, 0.25) is 4.90 Å². The fraction of sp³-hybridized carbons (Fsp3) is 0.222. The number of furan rings is 1. The lowest BCUT2D eigenvalue weighted by Crippen LogP contribution is -2.52. The number of aromatic nitrogens is 5. The monoisotopic (exact) mass is 459 g/mol. The number of nitrogens with zero attached hydrogens (tertiary/aromatic N) is 5. The number of aromatic amines is 1. The maximum atomic E-state index is 13.3. The molecule has 1 atom stereocenters. The van der Waals surface area contributed by atoms with Gasteiger partial charge in [0.25, 0.3) is 0 Å². The van der Waals surface area contributed by atoms with Crippen LogP contribution >= 0.6 is 0 Å². The van der Waals surface area contributed by atoms with Crippen molar-refractivity contribution >= 4 is 32.3 Å². The molecule has 1 saturated heterocycles. The smallest absolute Gasteiger partial charge is 0.203 e. The van der Waals surface area contributed by atoms with Crippen molar-refractivity contribution in [3.8, 4) is 22.5 Å². The minimum Gasteiger partial charge on any atom is -0.593 e. The third-order valence-electron chi connectivity index (χ3n) is 5.29. The minimum absolute atomic E-state index is 0.0508. The van der Waals surface area contributed by atoms with Gasteiger partial charge in [-0.1, -0.05) is 6.07 Å². The molecule has 0 amide bonds. The van der Waals surface area contributed by atoms with Crippen molar-refractivity contribution < 1.29 is 17.4 Å². The van der Waals surface area contributed by atoms with E-state index in [1.165, 1.54) is 12.3 Å². The van der Waals surface area contributed by atoms with Gasteiger partial charge in [0.15, 0.2) is 21.2 Å². The second-order valence-corrected chi connectivity index (χ2v) is 10.5. The third-order valence-corrected chi connectivity index (χ3v) is 8.38. The van der Waals surface area contributed by atoms with Crippen LogP contribution in [0.15, 0.2) is 50.9 Å². The Bertz CT molecular complexity index is 1360. The van der Waals surface area contributed by atoms with E-state index in [1.807, 2.05) is 11.9 Å². The molecule has 1 fully saturated rings. The minimum atomic E-state index is -3.78. The van der Waals surface area contributed by atoms with Gasteiger partial charge < -0.3 is 13.9 Å².